The van der Waals surface area contributed by atoms with Crippen molar-refractivity contribution in [3.8, 4) is 11.8 Å². The van der Waals surface area contributed by atoms with Gasteiger partial charge in [0.25, 0.3) is 0 Å². The van der Waals surface area contributed by atoms with Gasteiger partial charge in [0.15, 0.2) is 10.8 Å². The molecule has 96 valence electrons. The lowest BCUT2D eigenvalue weighted by molar-refractivity contribution is -0.116. The van der Waals surface area contributed by atoms with E-state index in [2.05, 4.69) is 15.1 Å². The number of rotatable bonds is 2. The highest BCUT2D eigenvalue weighted by Crippen LogP contribution is 2.25. The summed E-state index contributed by atoms with van der Waals surface area (Å²) in [5.74, 6) is -0.175. The Morgan fingerprint density at radius 2 is 2.32 bits per heavy atom. The molecule has 0 aromatic carbocycles. The van der Waals surface area contributed by atoms with Crippen LogP contribution >= 0.6 is 11.6 Å². The van der Waals surface area contributed by atoms with Crippen molar-refractivity contribution >= 4 is 23.2 Å². The maximum atomic E-state index is 11.3. The molecule has 2 aromatic rings. The number of nitrogens with zero attached hydrogens (tertiary/aromatic N) is 6. The van der Waals surface area contributed by atoms with Crippen LogP contribution in [0, 0.1) is 11.3 Å². The van der Waals surface area contributed by atoms with Crippen molar-refractivity contribution in [2.24, 2.45) is 0 Å². The van der Waals surface area contributed by atoms with Gasteiger partial charge in [0, 0.05) is 14.0 Å². The normalized spacial score (nSPS) is 10.0. The highest BCUT2D eigenvalue weighted by molar-refractivity contribution is 6.32. The molecular weight excluding hydrogens is 268 g/mol. The maximum absolute atomic E-state index is 11.3. The summed E-state index contributed by atoms with van der Waals surface area (Å²) < 4.78 is 1.37. The molecule has 8 heteroatoms. The predicted octanol–water partition coefficient (Wildman–Crippen LogP) is 1.17. The molecule has 7 nitrogen and oxygen atoms in total. The molecule has 2 rings (SSSR count). The Labute approximate surface area is 114 Å². The molecule has 1 amide bonds. The molecule has 0 unspecified atom stereocenters. The molecule has 0 atom stereocenters. The average molecular weight is 277 g/mol. The second-order valence-corrected chi connectivity index (χ2v) is 4.05. The van der Waals surface area contributed by atoms with Gasteiger partial charge >= 0.3 is 0 Å². The molecule has 0 radical (unpaired) electrons. The minimum absolute atomic E-state index is 0.158. The van der Waals surface area contributed by atoms with Crippen molar-refractivity contribution in [1.82, 2.24) is 19.7 Å². The Balaban J connectivity index is 2.51. The van der Waals surface area contributed by atoms with Gasteiger partial charge in [-0.3, -0.25) is 4.79 Å². The number of nitriles is 1. The standard InChI is InChI=1S/C11H9ClN6O/c1-7(19)17(2)10-5-18(16-11(10)12)9-4-14-6-15-8(9)3-13/h4-6H,1-2H3. The van der Waals surface area contributed by atoms with Crippen LogP contribution in [0.4, 0.5) is 5.69 Å². The molecule has 0 aliphatic rings. The SMILES string of the molecule is CC(=O)N(C)c1cn(-c2cncnc2C#N)nc1Cl. The third-order valence-corrected chi connectivity index (χ3v) is 2.80. The molecule has 2 heterocycles. The number of halogens is 1. The summed E-state index contributed by atoms with van der Waals surface area (Å²) >= 11 is 5.98. The first-order chi connectivity index (χ1) is 9.04. The van der Waals surface area contributed by atoms with E-state index in [1.54, 1.807) is 13.2 Å². The fourth-order valence-electron chi connectivity index (χ4n) is 1.44. The Bertz CT molecular complexity index is 674. The summed E-state index contributed by atoms with van der Waals surface area (Å²) in [5.41, 5.74) is 1.02. The largest absolute Gasteiger partial charge is 0.312 e. The minimum atomic E-state index is -0.175. The van der Waals surface area contributed by atoms with Crippen LogP contribution in [0.15, 0.2) is 18.7 Å². The second-order valence-electron chi connectivity index (χ2n) is 3.70. The maximum Gasteiger partial charge on any atom is 0.223 e. The fraction of sp³-hybridized carbons (Fsp3) is 0.182. The third-order valence-electron chi connectivity index (χ3n) is 2.53. The van der Waals surface area contributed by atoms with Crippen molar-refractivity contribution in [1.29, 1.82) is 5.26 Å². The van der Waals surface area contributed by atoms with E-state index < -0.39 is 0 Å². The first kappa shape index (κ1) is 13.0. The van der Waals surface area contributed by atoms with Crippen molar-refractivity contribution in [2.75, 3.05) is 11.9 Å². The van der Waals surface area contributed by atoms with E-state index in [-0.39, 0.29) is 16.8 Å². The van der Waals surface area contributed by atoms with Crippen LogP contribution in [-0.2, 0) is 4.79 Å². The van der Waals surface area contributed by atoms with Gasteiger partial charge in [0.2, 0.25) is 5.91 Å². The summed E-state index contributed by atoms with van der Waals surface area (Å²) in [6, 6.07) is 1.94. The molecule has 0 saturated carbocycles. The zero-order valence-corrected chi connectivity index (χ0v) is 11.0. The smallest absolute Gasteiger partial charge is 0.223 e. The first-order valence-electron chi connectivity index (χ1n) is 5.24. The second kappa shape index (κ2) is 5.04. The van der Waals surface area contributed by atoms with Crippen molar-refractivity contribution < 1.29 is 4.79 Å². The van der Waals surface area contributed by atoms with Crippen LogP contribution in [0.25, 0.3) is 5.69 Å². The number of anilines is 1. The Kier molecular flexibility index (Phi) is 3.44. The van der Waals surface area contributed by atoms with Crippen molar-refractivity contribution in [3.63, 3.8) is 0 Å². The van der Waals surface area contributed by atoms with Crippen LogP contribution in [0.1, 0.15) is 12.6 Å². The Morgan fingerprint density at radius 1 is 1.58 bits per heavy atom. The number of hydrogen-bond donors (Lipinski definition) is 0. The van der Waals surface area contributed by atoms with Gasteiger partial charge in [0.05, 0.1) is 12.4 Å². The predicted molar refractivity (Wildman–Crippen MR) is 68.0 cm³/mol. The Morgan fingerprint density at radius 3 is 2.95 bits per heavy atom. The number of amides is 1. The van der Waals surface area contributed by atoms with Gasteiger partial charge in [-0.05, 0) is 0 Å². The zero-order valence-electron chi connectivity index (χ0n) is 10.2. The molecule has 2 aromatic heterocycles. The molecule has 0 fully saturated rings. The van der Waals surface area contributed by atoms with Crippen molar-refractivity contribution in [2.45, 2.75) is 6.92 Å². The molecule has 0 aliphatic carbocycles. The summed E-state index contributed by atoms with van der Waals surface area (Å²) in [6.07, 6.45) is 4.27. The van der Waals surface area contributed by atoms with E-state index in [0.29, 0.717) is 11.4 Å². The summed E-state index contributed by atoms with van der Waals surface area (Å²) in [7, 11) is 1.59. The molecule has 0 N–H and O–H groups in total. The Hall–Kier alpha value is -2.46. The quantitative estimate of drug-likeness (QED) is 0.821. The summed E-state index contributed by atoms with van der Waals surface area (Å²) in [6.45, 7) is 1.42. The number of carbonyl (C=O) groups is 1. The lowest BCUT2D eigenvalue weighted by atomic mass is 10.3. The lowest BCUT2D eigenvalue weighted by Gasteiger charge is -2.11. The highest BCUT2D eigenvalue weighted by atomic mass is 35.5. The van der Waals surface area contributed by atoms with Crippen LogP contribution in [0.5, 0.6) is 0 Å². The number of hydrogen-bond acceptors (Lipinski definition) is 5. The minimum Gasteiger partial charge on any atom is -0.312 e. The third kappa shape index (κ3) is 2.39. The lowest BCUT2D eigenvalue weighted by Crippen LogP contribution is -2.22. The van der Waals surface area contributed by atoms with Crippen LogP contribution < -0.4 is 4.90 Å². The van der Waals surface area contributed by atoms with Gasteiger partial charge < -0.3 is 4.90 Å². The van der Waals surface area contributed by atoms with Crippen LogP contribution in [0.2, 0.25) is 5.15 Å². The topological polar surface area (TPSA) is 87.7 Å². The van der Waals surface area contributed by atoms with Gasteiger partial charge in [-0.1, -0.05) is 11.6 Å². The van der Waals surface area contributed by atoms with E-state index in [0.717, 1.165) is 0 Å². The average Bonchev–Trinajstić information content (AvgIpc) is 2.79. The van der Waals surface area contributed by atoms with Crippen LogP contribution in [0.3, 0.4) is 0 Å². The summed E-state index contributed by atoms with van der Waals surface area (Å²) in [4.78, 5) is 20.4. The number of aromatic nitrogens is 4. The summed E-state index contributed by atoms with van der Waals surface area (Å²) in [5, 5.41) is 13.2. The van der Waals surface area contributed by atoms with Gasteiger partial charge in [-0.25, -0.2) is 14.6 Å². The van der Waals surface area contributed by atoms with Gasteiger partial charge in [-0.2, -0.15) is 10.4 Å². The van der Waals surface area contributed by atoms with E-state index >= 15 is 0 Å². The molecule has 0 saturated heterocycles. The van der Waals surface area contributed by atoms with Crippen LogP contribution in [-0.4, -0.2) is 32.7 Å². The van der Waals surface area contributed by atoms with Crippen molar-refractivity contribution in [3.05, 3.63) is 29.6 Å². The van der Waals surface area contributed by atoms with E-state index in [9.17, 15) is 4.79 Å². The van der Waals surface area contributed by atoms with Gasteiger partial charge in [-0.15, -0.1) is 0 Å². The van der Waals surface area contributed by atoms with E-state index in [1.165, 1.54) is 29.0 Å². The first-order valence-corrected chi connectivity index (χ1v) is 5.62. The molecule has 0 aliphatic heterocycles. The van der Waals surface area contributed by atoms with E-state index in [4.69, 9.17) is 16.9 Å². The zero-order chi connectivity index (χ0) is 14.0. The number of carbonyl (C=O) groups excluding carboxylic acids is 1. The highest BCUT2D eigenvalue weighted by Gasteiger charge is 2.16. The fourth-order valence-corrected chi connectivity index (χ4v) is 1.69. The molecule has 19 heavy (non-hydrogen) atoms. The monoisotopic (exact) mass is 276 g/mol. The van der Waals surface area contributed by atoms with Gasteiger partial charge in [0.1, 0.15) is 23.8 Å². The molecular formula is C11H9ClN6O. The molecule has 0 spiro atoms. The molecule has 0 bridgehead atoms. The van der Waals surface area contributed by atoms with E-state index in [1.807, 2.05) is 6.07 Å².